The first-order valence-corrected chi connectivity index (χ1v) is 9.21. The highest BCUT2D eigenvalue weighted by Gasteiger charge is 2.46. The number of hydrogen-bond donors (Lipinski definition) is 2. The summed E-state index contributed by atoms with van der Waals surface area (Å²) in [4.78, 5) is 29.2. The zero-order valence-corrected chi connectivity index (χ0v) is 14.9. The zero-order chi connectivity index (χ0) is 17.2. The third-order valence-electron chi connectivity index (χ3n) is 5.25. The van der Waals surface area contributed by atoms with Crippen molar-refractivity contribution >= 4 is 28.3 Å². The molecule has 2 amide bonds. The van der Waals surface area contributed by atoms with E-state index in [2.05, 4.69) is 30.6 Å². The first-order chi connectivity index (χ1) is 11.5. The zero-order valence-electron chi connectivity index (χ0n) is 14.1. The maximum absolute atomic E-state index is 12.6. The molecule has 132 valence electrons. The van der Waals surface area contributed by atoms with Gasteiger partial charge in [0.25, 0.3) is 0 Å². The largest absolute Gasteiger partial charge is 0.354 e. The first-order valence-electron chi connectivity index (χ1n) is 8.33. The summed E-state index contributed by atoms with van der Waals surface area (Å²) in [5.74, 6) is 0.0505. The highest BCUT2D eigenvalue weighted by molar-refractivity contribution is 7.13. The second kappa shape index (κ2) is 7.12. The molecule has 0 aromatic carbocycles. The first kappa shape index (κ1) is 17.2. The molecule has 8 nitrogen and oxygen atoms in total. The Morgan fingerprint density at radius 3 is 2.83 bits per heavy atom. The average Bonchev–Trinajstić information content (AvgIpc) is 3.06. The molecule has 0 radical (unpaired) electrons. The van der Waals surface area contributed by atoms with Crippen LogP contribution in [0.2, 0.25) is 0 Å². The molecule has 3 rings (SSSR count). The molecule has 1 spiro atoms. The molecule has 3 heterocycles. The number of piperidine rings is 1. The summed E-state index contributed by atoms with van der Waals surface area (Å²) in [6, 6.07) is -0.259. The van der Waals surface area contributed by atoms with Crippen LogP contribution in [0.1, 0.15) is 26.2 Å². The van der Waals surface area contributed by atoms with Crippen molar-refractivity contribution in [2.75, 3.05) is 38.5 Å². The molecule has 0 aliphatic carbocycles. The van der Waals surface area contributed by atoms with Crippen molar-refractivity contribution in [3.05, 3.63) is 5.51 Å². The number of hydrogen-bond acceptors (Lipinski definition) is 7. The van der Waals surface area contributed by atoms with Crippen LogP contribution < -0.4 is 10.6 Å². The van der Waals surface area contributed by atoms with Crippen molar-refractivity contribution in [2.45, 2.75) is 37.8 Å². The Labute approximate surface area is 145 Å². The molecule has 1 aromatic rings. The van der Waals surface area contributed by atoms with E-state index in [1.165, 1.54) is 11.3 Å². The summed E-state index contributed by atoms with van der Waals surface area (Å²) in [6.45, 7) is 5.01. The van der Waals surface area contributed by atoms with E-state index in [9.17, 15) is 9.59 Å². The molecule has 2 fully saturated rings. The summed E-state index contributed by atoms with van der Waals surface area (Å²) in [5.41, 5.74) is 1.16. The number of nitrogens with zero attached hydrogens (tertiary/aromatic N) is 4. The lowest BCUT2D eigenvalue weighted by Gasteiger charge is -2.46. The number of carbonyl (C=O) groups is 2. The molecule has 24 heavy (non-hydrogen) atoms. The standard InChI is InChI=1S/C15H24N6O2S/c1-11(12(22)18-14-19-17-10-24-14)21-8-4-15(5-9-21)13(23)16-6-3-7-20(15)2/h10-11H,3-9H2,1-2H3,(H,16,23)(H,18,19,22). The van der Waals surface area contributed by atoms with Crippen LogP contribution in [-0.2, 0) is 9.59 Å². The van der Waals surface area contributed by atoms with E-state index in [0.29, 0.717) is 5.13 Å². The lowest BCUT2D eigenvalue weighted by Crippen LogP contribution is -2.62. The summed E-state index contributed by atoms with van der Waals surface area (Å²) in [7, 11) is 2.03. The SMILES string of the molecule is CC(C(=O)Nc1nncs1)N1CCC2(CC1)C(=O)NCCCN2C. The van der Waals surface area contributed by atoms with E-state index in [4.69, 9.17) is 0 Å². The Balaban J connectivity index is 1.61. The fourth-order valence-corrected chi connectivity index (χ4v) is 4.01. The van der Waals surface area contributed by atoms with Crippen LogP contribution >= 0.6 is 11.3 Å². The van der Waals surface area contributed by atoms with Gasteiger partial charge in [0.05, 0.1) is 6.04 Å². The van der Waals surface area contributed by atoms with E-state index in [0.717, 1.165) is 45.4 Å². The van der Waals surface area contributed by atoms with E-state index in [-0.39, 0.29) is 17.9 Å². The number of rotatable bonds is 3. The van der Waals surface area contributed by atoms with Gasteiger partial charge in [-0.2, -0.15) is 0 Å². The van der Waals surface area contributed by atoms with Gasteiger partial charge in [-0.3, -0.25) is 24.7 Å². The van der Waals surface area contributed by atoms with Crippen molar-refractivity contribution in [3.8, 4) is 0 Å². The molecular weight excluding hydrogens is 328 g/mol. The second-order valence-corrected chi connectivity index (χ2v) is 7.34. The highest BCUT2D eigenvalue weighted by atomic mass is 32.1. The molecule has 2 aliphatic rings. The van der Waals surface area contributed by atoms with Gasteiger partial charge in [0.15, 0.2) is 0 Å². The molecule has 1 aromatic heterocycles. The third kappa shape index (κ3) is 3.28. The minimum atomic E-state index is -0.428. The van der Waals surface area contributed by atoms with Crippen molar-refractivity contribution in [2.24, 2.45) is 0 Å². The highest BCUT2D eigenvalue weighted by Crippen LogP contribution is 2.30. The van der Waals surface area contributed by atoms with Gasteiger partial charge in [0.2, 0.25) is 16.9 Å². The van der Waals surface area contributed by atoms with Crippen molar-refractivity contribution in [1.82, 2.24) is 25.3 Å². The molecule has 1 atom stereocenters. The monoisotopic (exact) mass is 352 g/mol. The van der Waals surface area contributed by atoms with Gasteiger partial charge in [-0.1, -0.05) is 11.3 Å². The predicted molar refractivity (Wildman–Crippen MR) is 91.8 cm³/mol. The molecule has 2 N–H and O–H groups in total. The maximum atomic E-state index is 12.6. The third-order valence-corrected chi connectivity index (χ3v) is 5.86. The number of aromatic nitrogens is 2. The Kier molecular flexibility index (Phi) is 5.12. The summed E-state index contributed by atoms with van der Waals surface area (Å²) in [6.07, 6.45) is 2.46. The number of anilines is 1. The van der Waals surface area contributed by atoms with Gasteiger partial charge in [-0.15, -0.1) is 10.2 Å². The second-order valence-electron chi connectivity index (χ2n) is 6.51. The number of carbonyl (C=O) groups excluding carboxylic acids is 2. The molecule has 0 saturated carbocycles. The van der Waals surface area contributed by atoms with E-state index in [1.54, 1.807) is 5.51 Å². The van der Waals surface area contributed by atoms with E-state index in [1.807, 2.05) is 14.0 Å². The molecule has 1 unspecified atom stereocenters. The quantitative estimate of drug-likeness (QED) is 0.805. The van der Waals surface area contributed by atoms with Crippen LogP contribution in [-0.4, -0.2) is 76.6 Å². The maximum Gasteiger partial charge on any atom is 0.243 e. The summed E-state index contributed by atoms with van der Waals surface area (Å²) >= 11 is 1.30. The van der Waals surface area contributed by atoms with Crippen molar-refractivity contribution in [3.63, 3.8) is 0 Å². The number of nitrogens with one attached hydrogen (secondary N) is 2. The Hall–Kier alpha value is -1.58. The number of amides is 2. The lowest BCUT2D eigenvalue weighted by atomic mass is 9.84. The Morgan fingerprint density at radius 1 is 1.42 bits per heavy atom. The molecule has 2 aliphatic heterocycles. The lowest BCUT2D eigenvalue weighted by molar-refractivity contribution is -0.135. The molecular formula is C15H24N6O2S. The van der Waals surface area contributed by atoms with Gasteiger partial charge >= 0.3 is 0 Å². The fraction of sp³-hybridized carbons (Fsp3) is 0.733. The Bertz CT molecular complexity index is 585. The minimum absolute atomic E-state index is 0.0821. The normalized spacial score (nSPS) is 23.5. The minimum Gasteiger partial charge on any atom is -0.354 e. The topological polar surface area (TPSA) is 90.5 Å². The molecule has 9 heteroatoms. The summed E-state index contributed by atoms with van der Waals surface area (Å²) < 4.78 is 0. The van der Waals surface area contributed by atoms with Gasteiger partial charge < -0.3 is 5.32 Å². The Morgan fingerprint density at radius 2 is 2.17 bits per heavy atom. The average molecular weight is 352 g/mol. The van der Waals surface area contributed by atoms with Gasteiger partial charge in [0, 0.05) is 26.2 Å². The van der Waals surface area contributed by atoms with Crippen LogP contribution in [0.4, 0.5) is 5.13 Å². The predicted octanol–water partition coefficient (Wildman–Crippen LogP) is 0.151. The van der Waals surface area contributed by atoms with Crippen molar-refractivity contribution < 1.29 is 9.59 Å². The van der Waals surface area contributed by atoms with Gasteiger partial charge in [-0.25, -0.2) is 0 Å². The van der Waals surface area contributed by atoms with Crippen molar-refractivity contribution in [1.29, 1.82) is 0 Å². The smallest absolute Gasteiger partial charge is 0.243 e. The van der Waals surface area contributed by atoms with E-state index >= 15 is 0 Å². The number of likely N-dealkylation sites (tertiary alicyclic amines) is 1. The van der Waals surface area contributed by atoms with Crippen LogP contribution in [0, 0.1) is 0 Å². The van der Waals surface area contributed by atoms with Gasteiger partial charge in [0.1, 0.15) is 11.0 Å². The van der Waals surface area contributed by atoms with Crippen LogP contribution in [0.5, 0.6) is 0 Å². The van der Waals surface area contributed by atoms with E-state index < -0.39 is 5.54 Å². The fourth-order valence-electron chi connectivity index (χ4n) is 3.56. The van der Waals surface area contributed by atoms with Crippen LogP contribution in [0.25, 0.3) is 0 Å². The van der Waals surface area contributed by atoms with Gasteiger partial charge in [-0.05, 0) is 33.2 Å². The summed E-state index contributed by atoms with van der Waals surface area (Å²) in [5, 5.41) is 13.9. The van der Waals surface area contributed by atoms with Crippen LogP contribution in [0.15, 0.2) is 5.51 Å². The molecule has 0 bridgehead atoms. The molecule has 2 saturated heterocycles. The number of likely N-dealkylation sites (N-methyl/N-ethyl adjacent to an activating group) is 1. The van der Waals surface area contributed by atoms with Crippen LogP contribution in [0.3, 0.4) is 0 Å².